The van der Waals surface area contributed by atoms with Crippen LogP contribution in [0.2, 0.25) is 0 Å². The van der Waals surface area contributed by atoms with Gasteiger partial charge in [0.15, 0.2) is 11.4 Å². The summed E-state index contributed by atoms with van der Waals surface area (Å²) >= 11 is 1.14. The van der Waals surface area contributed by atoms with E-state index in [0.717, 1.165) is 11.3 Å². The summed E-state index contributed by atoms with van der Waals surface area (Å²) in [5, 5.41) is 27.5. The number of fused-ring (bicyclic) bond motifs is 1. The quantitative estimate of drug-likeness (QED) is 0.521. The SMILES string of the molecule is O=c1/c(=C\c2ccccc2[NH+]([O-])O)sc2nnc(-c3ccco3)n12. The fourth-order valence-corrected chi connectivity index (χ4v) is 3.29. The number of nitrogens with one attached hydrogen (secondary N) is 1. The van der Waals surface area contributed by atoms with Crippen LogP contribution in [0.15, 0.2) is 51.9 Å². The summed E-state index contributed by atoms with van der Waals surface area (Å²) in [4.78, 5) is 13.1. The van der Waals surface area contributed by atoms with Gasteiger partial charge in [-0.05, 0) is 24.3 Å². The van der Waals surface area contributed by atoms with Gasteiger partial charge in [0.25, 0.3) is 5.56 Å². The van der Waals surface area contributed by atoms with Crippen molar-refractivity contribution in [3.05, 3.63) is 68.3 Å². The number of thiazole rings is 1. The standard InChI is InChI=1S/C15H10N4O4S/c20-14-12(8-9-4-1-2-5-10(9)19(21)22)24-15-17-16-13(18(14)15)11-6-3-7-23-11/h1-8,19,21H/b12-8+. The van der Waals surface area contributed by atoms with Crippen LogP contribution in [0, 0.1) is 5.21 Å². The highest BCUT2D eigenvalue weighted by Crippen LogP contribution is 2.18. The number of rotatable bonds is 3. The van der Waals surface area contributed by atoms with E-state index in [9.17, 15) is 15.2 Å². The zero-order valence-electron chi connectivity index (χ0n) is 12.0. The molecule has 1 aromatic carbocycles. The zero-order valence-corrected chi connectivity index (χ0v) is 12.9. The Bertz CT molecular complexity index is 1110. The second kappa shape index (κ2) is 5.65. The molecule has 0 aliphatic carbocycles. The van der Waals surface area contributed by atoms with Crippen molar-refractivity contribution in [3.63, 3.8) is 0 Å². The van der Waals surface area contributed by atoms with Gasteiger partial charge in [-0.15, -0.1) is 10.2 Å². The summed E-state index contributed by atoms with van der Waals surface area (Å²) in [5.74, 6) is 0.761. The van der Waals surface area contributed by atoms with Crippen LogP contribution in [0.5, 0.6) is 0 Å². The summed E-state index contributed by atoms with van der Waals surface area (Å²) in [6, 6.07) is 9.89. The summed E-state index contributed by atoms with van der Waals surface area (Å²) in [6.07, 6.45) is 3.04. The Balaban J connectivity index is 1.94. The lowest BCUT2D eigenvalue weighted by molar-refractivity contribution is -0.991. The Morgan fingerprint density at radius 1 is 1.25 bits per heavy atom. The minimum atomic E-state index is -1.05. The molecule has 0 fully saturated rings. The summed E-state index contributed by atoms with van der Waals surface area (Å²) in [5.41, 5.74) is 0.276. The normalized spacial score (nSPS) is 13.7. The number of hydrogen-bond donors (Lipinski definition) is 2. The Morgan fingerprint density at radius 2 is 2.08 bits per heavy atom. The van der Waals surface area contributed by atoms with Gasteiger partial charge in [-0.1, -0.05) is 23.5 Å². The highest BCUT2D eigenvalue weighted by Gasteiger charge is 2.16. The maximum atomic E-state index is 12.7. The van der Waals surface area contributed by atoms with Crippen molar-refractivity contribution in [2.24, 2.45) is 0 Å². The highest BCUT2D eigenvalue weighted by atomic mass is 32.1. The minimum Gasteiger partial charge on any atom is -0.595 e. The first-order valence-electron chi connectivity index (χ1n) is 6.91. The molecule has 0 saturated heterocycles. The third-order valence-electron chi connectivity index (χ3n) is 3.47. The molecule has 0 spiro atoms. The number of quaternary nitrogens is 1. The fourth-order valence-electron chi connectivity index (χ4n) is 2.39. The molecule has 0 aliphatic heterocycles. The van der Waals surface area contributed by atoms with Crippen molar-refractivity contribution in [1.82, 2.24) is 14.6 Å². The molecule has 4 rings (SSSR count). The van der Waals surface area contributed by atoms with E-state index in [4.69, 9.17) is 4.42 Å². The maximum Gasteiger partial charge on any atom is 0.276 e. The van der Waals surface area contributed by atoms with E-state index in [1.807, 2.05) is 0 Å². The molecule has 9 heteroatoms. The maximum absolute atomic E-state index is 12.7. The van der Waals surface area contributed by atoms with Crippen molar-refractivity contribution in [3.8, 4) is 11.6 Å². The number of aromatic nitrogens is 3. The van der Waals surface area contributed by atoms with Gasteiger partial charge in [0.2, 0.25) is 10.8 Å². The van der Waals surface area contributed by atoms with Crippen LogP contribution < -0.4 is 15.3 Å². The van der Waals surface area contributed by atoms with E-state index in [-0.39, 0.29) is 11.2 Å². The van der Waals surface area contributed by atoms with Gasteiger partial charge < -0.3 is 9.62 Å². The molecule has 1 unspecified atom stereocenters. The summed E-state index contributed by atoms with van der Waals surface area (Å²) in [6.45, 7) is 0. The summed E-state index contributed by atoms with van der Waals surface area (Å²) in [7, 11) is 0. The van der Waals surface area contributed by atoms with E-state index in [1.165, 1.54) is 16.7 Å². The van der Waals surface area contributed by atoms with Crippen molar-refractivity contribution < 1.29 is 14.9 Å². The number of para-hydroxylation sites is 1. The number of nitrogens with zero attached hydrogens (tertiary/aromatic N) is 3. The van der Waals surface area contributed by atoms with Crippen LogP contribution in [0.25, 0.3) is 22.6 Å². The van der Waals surface area contributed by atoms with Gasteiger partial charge >= 0.3 is 0 Å². The number of furan rings is 1. The van der Waals surface area contributed by atoms with Crippen molar-refractivity contribution in [2.45, 2.75) is 0 Å². The zero-order chi connectivity index (χ0) is 16.7. The molecule has 120 valence electrons. The van der Waals surface area contributed by atoms with E-state index >= 15 is 0 Å². The molecule has 0 radical (unpaired) electrons. The third-order valence-corrected chi connectivity index (χ3v) is 4.43. The molecular formula is C15H10N4O4S. The van der Waals surface area contributed by atoms with Crippen LogP contribution in [0.3, 0.4) is 0 Å². The molecule has 3 heterocycles. The second-order valence-electron chi connectivity index (χ2n) is 4.93. The molecule has 24 heavy (non-hydrogen) atoms. The van der Waals surface area contributed by atoms with Crippen LogP contribution in [0.4, 0.5) is 5.69 Å². The molecule has 1 atom stereocenters. The minimum absolute atomic E-state index is 0.132. The summed E-state index contributed by atoms with van der Waals surface area (Å²) < 4.78 is 7.01. The van der Waals surface area contributed by atoms with Gasteiger partial charge in [-0.2, -0.15) is 5.23 Å². The molecule has 0 saturated carbocycles. The molecule has 0 aliphatic rings. The van der Waals surface area contributed by atoms with Crippen molar-refractivity contribution in [2.75, 3.05) is 0 Å². The van der Waals surface area contributed by atoms with Crippen molar-refractivity contribution >= 4 is 28.1 Å². The lowest BCUT2D eigenvalue weighted by Crippen LogP contribution is -2.99. The highest BCUT2D eigenvalue weighted by molar-refractivity contribution is 7.15. The first kappa shape index (κ1) is 14.7. The Morgan fingerprint density at radius 3 is 2.83 bits per heavy atom. The molecule has 3 aromatic heterocycles. The van der Waals surface area contributed by atoms with Gasteiger partial charge in [-0.3, -0.25) is 4.79 Å². The Kier molecular flexibility index (Phi) is 3.47. The van der Waals surface area contributed by atoms with Crippen LogP contribution in [-0.4, -0.2) is 19.8 Å². The van der Waals surface area contributed by atoms with Gasteiger partial charge in [-0.25, -0.2) is 9.61 Å². The van der Waals surface area contributed by atoms with Crippen LogP contribution in [-0.2, 0) is 0 Å². The van der Waals surface area contributed by atoms with Gasteiger partial charge in [0.1, 0.15) is 0 Å². The lowest BCUT2D eigenvalue weighted by Gasteiger charge is -2.13. The average Bonchev–Trinajstić information content (AvgIpc) is 3.27. The molecule has 8 nitrogen and oxygen atoms in total. The Labute approximate surface area is 138 Å². The van der Waals surface area contributed by atoms with Gasteiger partial charge in [0, 0.05) is 11.6 Å². The molecule has 2 N–H and O–H groups in total. The fraction of sp³-hybridized carbons (Fsp3) is 0. The van der Waals surface area contributed by atoms with E-state index < -0.39 is 5.23 Å². The smallest absolute Gasteiger partial charge is 0.276 e. The predicted octanol–water partition coefficient (Wildman–Crippen LogP) is 0.362. The second-order valence-corrected chi connectivity index (χ2v) is 5.94. The lowest BCUT2D eigenvalue weighted by atomic mass is 10.2. The van der Waals surface area contributed by atoms with Gasteiger partial charge in [0.05, 0.1) is 10.8 Å². The first-order valence-corrected chi connectivity index (χ1v) is 7.72. The van der Waals surface area contributed by atoms with Crippen molar-refractivity contribution in [1.29, 1.82) is 0 Å². The monoisotopic (exact) mass is 342 g/mol. The predicted molar refractivity (Wildman–Crippen MR) is 85.8 cm³/mol. The molecule has 0 bridgehead atoms. The van der Waals surface area contributed by atoms with Crippen LogP contribution in [0.1, 0.15) is 5.56 Å². The number of benzene rings is 1. The molecule has 4 aromatic rings. The first-order chi connectivity index (χ1) is 11.6. The van der Waals surface area contributed by atoms with Crippen LogP contribution >= 0.6 is 11.3 Å². The molecular weight excluding hydrogens is 332 g/mol. The Hall–Kier alpha value is -2.85. The molecule has 0 amide bonds. The topological polar surface area (TPSA) is 108 Å². The largest absolute Gasteiger partial charge is 0.595 e. The number of hydrogen-bond acceptors (Lipinski definition) is 7. The van der Waals surface area contributed by atoms with E-state index in [2.05, 4.69) is 10.2 Å². The average molecular weight is 342 g/mol. The van der Waals surface area contributed by atoms with E-state index in [1.54, 1.807) is 36.4 Å². The third kappa shape index (κ3) is 2.32. The van der Waals surface area contributed by atoms with E-state index in [0.29, 0.717) is 26.6 Å².